The van der Waals surface area contributed by atoms with Crippen molar-refractivity contribution in [2.24, 2.45) is 5.14 Å². The van der Waals surface area contributed by atoms with Crippen LogP contribution in [0.5, 0.6) is 0 Å². The van der Waals surface area contributed by atoms with Crippen molar-refractivity contribution in [1.29, 1.82) is 0 Å². The summed E-state index contributed by atoms with van der Waals surface area (Å²) in [4.78, 5) is 0. The number of nitrogens with one attached hydrogen (secondary N) is 1. The Bertz CT molecular complexity index is 478. The van der Waals surface area contributed by atoms with Crippen LogP contribution in [-0.2, 0) is 26.0 Å². The van der Waals surface area contributed by atoms with Crippen molar-refractivity contribution in [3.05, 3.63) is 17.9 Å². The maximum atomic E-state index is 11.0. The monoisotopic (exact) mass is 276 g/mol. The molecule has 3 N–H and O–H groups in total. The summed E-state index contributed by atoms with van der Waals surface area (Å²) in [5, 5.41) is 7.81. The maximum absolute atomic E-state index is 11.0. The van der Waals surface area contributed by atoms with Gasteiger partial charge in [0.05, 0.1) is 32.5 Å². The molecule has 0 saturated carbocycles. The van der Waals surface area contributed by atoms with Crippen molar-refractivity contribution in [3.8, 4) is 0 Å². The topological polar surface area (TPSA) is 104 Å². The molecule has 18 heavy (non-hydrogen) atoms. The SMILES string of the molecule is NS(=O)(=O)c1ccc(CNCC2COCCO2)o1. The predicted molar refractivity (Wildman–Crippen MR) is 62.3 cm³/mol. The number of primary sulfonamides is 1. The number of hydrogen-bond acceptors (Lipinski definition) is 6. The van der Waals surface area contributed by atoms with Crippen molar-refractivity contribution in [1.82, 2.24) is 5.32 Å². The zero-order valence-corrected chi connectivity index (χ0v) is 10.6. The smallest absolute Gasteiger partial charge is 0.271 e. The third-order valence-corrected chi connectivity index (χ3v) is 3.25. The lowest BCUT2D eigenvalue weighted by atomic mass is 10.3. The molecule has 102 valence electrons. The first-order chi connectivity index (χ1) is 8.55. The lowest BCUT2D eigenvalue weighted by molar-refractivity contribution is -0.0865. The molecule has 0 spiro atoms. The van der Waals surface area contributed by atoms with Crippen LogP contribution >= 0.6 is 0 Å². The van der Waals surface area contributed by atoms with E-state index in [0.29, 0.717) is 38.7 Å². The van der Waals surface area contributed by atoms with Crippen LogP contribution < -0.4 is 10.5 Å². The third-order valence-electron chi connectivity index (χ3n) is 2.47. The molecule has 1 aliphatic rings. The summed E-state index contributed by atoms with van der Waals surface area (Å²) in [7, 11) is -3.77. The van der Waals surface area contributed by atoms with E-state index in [9.17, 15) is 8.42 Å². The molecule has 1 aromatic rings. The minimum atomic E-state index is -3.77. The average Bonchev–Trinajstić information content (AvgIpc) is 2.79. The molecule has 1 saturated heterocycles. The molecule has 1 aromatic heterocycles. The first-order valence-electron chi connectivity index (χ1n) is 5.57. The second-order valence-corrected chi connectivity index (χ2v) is 5.46. The van der Waals surface area contributed by atoms with Gasteiger partial charge in [0, 0.05) is 6.54 Å². The molecular weight excluding hydrogens is 260 g/mol. The molecule has 8 heteroatoms. The largest absolute Gasteiger partial charge is 0.447 e. The molecule has 7 nitrogen and oxygen atoms in total. The molecule has 0 aromatic carbocycles. The van der Waals surface area contributed by atoms with Crippen LogP contribution in [0.15, 0.2) is 21.6 Å². The van der Waals surface area contributed by atoms with Gasteiger partial charge in [0.25, 0.3) is 10.0 Å². The highest BCUT2D eigenvalue weighted by atomic mass is 32.2. The van der Waals surface area contributed by atoms with Gasteiger partial charge in [-0.25, -0.2) is 13.6 Å². The van der Waals surface area contributed by atoms with Gasteiger partial charge in [-0.3, -0.25) is 0 Å². The number of ether oxygens (including phenoxy) is 2. The van der Waals surface area contributed by atoms with Gasteiger partial charge in [-0.1, -0.05) is 0 Å². The summed E-state index contributed by atoms with van der Waals surface area (Å²) in [6, 6.07) is 2.91. The van der Waals surface area contributed by atoms with Crippen molar-refractivity contribution < 1.29 is 22.3 Å². The Balaban J connectivity index is 1.78. The van der Waals surface area contributed by atoms with Crippen LogP contribution in [0.2, 0.25) is 0 Å². The van der Waals surface area contributed by atoms with Gasteiger partial charge < -0.3 is 19.2 Å². The summed E-state index contributed by atoms with van der Waals surface area (Å²) < 4.78 is 37.8. The van der Waals surface area contributed by atoms with Gasteiger partial charge >= 0.3 is 0 Å². The van der Waals surface area contributed by atoms with E-state index in [4.69, 9.17) is 19.0 Å². The van der Waals surface area contributed by atoms with Crippen LogP contribution in [0.4, 0.5) is 0 Å². The van der Waals surface area contributed by atoms with E-state index in [2.05, 4.69) is 5.32 Å². The zero-order valence-electron chi connectivity index (χ0n) is 9.79. The molecule has 1 fully saturated rings. The molecule has 1 atom stereocenters. The van der Waals surface area contributed by atoms with Crippen molar-refractivity contribution in [3.63, 3.8) is 0 Å². The van der Waals surface area contributed by atoms with Gasteiger partial charge in [-0.2, -0.15) is 0 Å². The summed E-state index contributed by atoms with van der Waals surface area (Å²) in [5.74, 6) is 0.510. The summed E-state index contributed by atoms with van der Waals surface area (Å²) in [6.45, 7) is 2.82. The Morgan fingerprint density at radius 1 is 1.39 bits per heavy atom. The fourth-order valence-corrected chi connectivity index (χ4v) is 2.10. The molecule has 2 heterocycles. The van der Waals surface area contributed by atoms with Crippen LogP contribution in [-0.4, -0.2) is 40.9 Å². The lowest BCUT2D eigenvalue weighted by Gasteiger charge is -2.22. The molecular formula is C10H16N2O5S. The third kappa shape index (κ3) is 3.79. The fraction of sp³-hybridized carbons (Fsp3) is 0.600. The Labute approximate surface area is 105 Å². The summed E-state index contributed by atoms with van der Waals surface area (Å²) in [5.41, 5.74) is 0. The Morgan fingerprint density at radius 2 is 2.22 bits per heavy atom. The minimum Gasteiger partial charge on any atom is -0.447 e. The van der Waals surface area contributed by atoms with Crippen LogP contribution in [0, 0.1) is 0 Å². The van der Waals surface area contributed by atoms with Crippen molar-refractivity contribution >= 4 is 10.0 Å². The zero-order chi connectivity index (χ0) is 13.0. The Kier molecular flexibility index (Phi) is 4.36. The van der Waals surface area contributed by atoms with Crippen molar-refractivity contribution in [2.75, 3.05) is 26.4 Å². The highest BCUT2D eigenvalue weighted by Crippen LogP contribution is 2.11. The Morgan fingerprint density at radius 3 is 2.83 bits per heavy atom. The second kappa shape index (κ2) is 5.81. The molecule has 0 bridgehead atoms. The van der Waals surface area contributed by atoms with E-state index in [1.54, 1.807) is 6.07 Å². The standard InChI is InChI=1S/C10H16N2O5S/c11-18(13,14)10-2-1-8(17-10)5-12-6-9-7-15-3-4-16-9/h1-2,9,12H,3-7H2,(H2,11,13,14). The molecule has 2 rings (SSSR count). The van der Waals surface area contributed by atoms with Gasteiger partial charge in [-0.05, 0) is 12.1 Å². The number of nitrogens with two attached hydrogens (primary N) is 1. The highest BCUT2D eigenvalue weighted by Gasteiger charge is 2.15. The van der Waals surface area contributed by atoms with E-state index in [-0.39, 0.29) is 11.2 Å². The predicted octanol–water partition coefficient (Wildman–Crippen LogP) is -0.568. The summed E-state index contributed by atoms with van der Waals surface area (Å²) in [6.07, 6.45) is 0.0198. The lowest BCUT2D eigenvalue weighted by Crippen LogP contribution is -2.37. The maximum Gasteiger partial charge on any atom is 0.271 e. The molecule has 1 unspecified atom stereocenters. The molecule has 0 radical (unpaired) electrons. The first-order valence-corrected chi connectivity index (χ1v) is 7.12. The van der Waals surface area contributed by atoms with Crippen molar-refractivity contribution in [2.45, 2.75) is 17.7 Å². The number of rotatable bonds is 5. The number of furan rings is 1. The van der Waals surface area contributed by atoms with Gasteiger partial charge in [0.1, 0.15) is 5.76 Å². The van der Waals surface area contributed by atoms with Gasteiger partial charge in [-0.15, -0.1) is 0 Å². The number of sulfonamides is 1. The minimum absolute atomic E-state index is 0.0198. The second-order valence-electron chi connectivity index (χ2n) is 3.96. The van der Waals surface area contributed by atoms with Gasteiger partial charge in [0.2, 0.25) is 5.09 Å². The first kappa shape index (κ1) is 13.5. The van der Waals surface area contributed by atoms with E-state index >= 15 is 0 Å². The van der Waals surface area contributed by atoms with Crippen LogP contribution in [0.3, 0.4) is 0 Å². The quantitative estimate of drug-likeness (QED) is 0.746. The molecule has 0 aliphatic carbocycles. The molecule has 0 amide bonds. The fourth-order valence-electron chi connectivity index (χ4n) is 1.62. The molecule has 1 aliphatic heterocycles. The van der Waals surface area contributed by atoms with Crippen LogP contribution in [0.1, 0.15) is 5.76 Å². The van der Waals surface area contributed by atoms with E-state index < -0.39 is 10.0 Å². The normalized spacial score (nSPS) is 21.1. The Hall–Kier alpha value is -0.930. The summed E-state index contributed by atoms with van der Waals surface area (Å²) >= 11 is 0. The number of hydrogen-bond donors (Lipinski definition) is 2. The van der Waals surface area contributed by atoms with Gasteiger partial charge in [0.15, 0.2) is 0 Å². The highest BCUT2D eigenvalue weighted by molar-refractivity contribution is 7.89. The van der Waals surface area contributed by atoms with E-state index in [0.717, 1.165) is 0 Å². The van der Waals surface area contributed by atoms with E-state index in [1.807, 2.05) is 0 Å². The average molecular weight is 276 g/mol. The van der Waals surface area contributed by atoms with E-state index in [1.165, 1.54) is 6.07 Å². The van der Waals surface area contributed by atoms with Crippen LogP contribution in [0.25, 0.3) is 0 Å².